The Balaban J connectivity index is 1.34. The number of benzene rings is 2. The fraction of sp³-hybridized carbons (Fsp3) is 0.343. The van der Waals surface area contributed by atoms with Crippen LogP contribution in [0.25, 0.3) is 11.6 Å². The molecule has 0 bridgehead atoms. The number of carbonyl (C=O) groups excluding carboxylic acids is 2. The summed E-state index contributed by atoms with van der Waals surface area (Å²) in [7, 11) is -0.0203. The molecule has 274 valence electrons. The molecule has 2 aromatic carbocycles. The summed E-state index contributed by atoms with van der Waals surface area (Å²) in [6.07, 6.45) is -7.79. The molecule has 1 aliphatic carbocycles. The standard InChI is InChI=1S/C35H30BF6IN2O7/c1-51-28-10-17(9-25(43)31(28)47)8-18(26-4-2-3-7-44-26)5-6-27-29-19(16-46)11-23-30(24(29)15-36(50)52-27)33(49)45(32(23)48)22-13-20(34(37,38)39)12-21(14-22)35(40,41)42/h2-4,7-10,12-14,23-24,27,30,46-47,50H,5-6,11,15-16H2,1H3/b18-8-/t23-,24+,27-,30-/m1/s1. The van der Waals surface area contributed by atoms with Gasteiger partial charge in [-0.1, -0.05) is 6.07 Å². The number of fused-ring (bicyclic) bond motifs is 3. The number of alkyl halides is 6. The topological polar surface area (TPSA) is 129 Å². The van der Waals surface area contributed by atoms with Crippen molar-refractivity contribution in [2.45, 2.75) is 44.0 Å². The lowest BCUT2D eigenvalue weighted by atomic mass is 9.58. The number of amides is 2. The van der Waals surface area contributed by atoms with E-state index in [0.29, 0.717) is 48.6 Å². The highest BCUT2D eigenvalue weighted by atomic mass is 127. The number of rotatable bonds is 8. The number of methoxy groups -OCH3 is 1. The number of hydrogen-bond donors (Lipinski definition) is 3. The van der Waals surface area contributed by atoms with Crippen molar-refractivity contribution in [3.05, 3.63) is 91.8 Å². The molecule has 0 radical (unpaired) electrons. The number of carbonyl (C=O) groups is 2. The lowest BCUT2D eigenvalue weighted by Gasteiger charge is -2.43. The van der Waals surface area contributed by atoms with Crippen molar-refractivity contribution in [3.63, 3.8) is 0 Å². The van der Waals surface area contributed by atoms with E-state index in [4.69, 9.17) is 9.39 Å². The molecular formula is C35H30BF6IN2O7. The number of allylic oxidation sites excluding steroid dienone is 1. The van der Waals surface area contributed by atoms with Crippen LogP contribution < -0.4 is 9.64 Å². The largest absolute Gasteiger partial charge is 0.504 e. The second-order valence-electron chi connectivity index (χ2n) is 12.7. The predicted molar refractivity (Wildman–Crippen MR) is 185 cm³/mol. The van der Waals surface area contributed by atoms with Crippen molar-refractivity contribution >= 4 is 58.9 Å². The van der Waals surface area contributed by atoms with E-state index in [1.807, 2.05) is 28.7 Å². The van der Waals surface area contributed by atoms with E-state index in [0.717, 1.165) is 0 Å². The van der Waals surface area contributed by atoms with Crippen molar-refractivity contribution in [3.8, 4) is 11.5 Å². The lowest BCUT2D eigenvalue weighted by Crippen LogP contribution is -2.46. The smallest absolute Gasteiger partial charge is 0.455 e. The number of pyridine rings is 1. The third kappa shape index (κ3) is 7.32. The number of nitrogens with zero attached hydrogens (tertiary/aromatic N) is 2. The summed E-state index contributed by atoms with van der Waals surface area (Å²) < 4.78 is 93.9. The fourth-order valence-corrected chi connectivity index (χ4v) is 8.00. The average molecular weight is 842 g/mol. The number of imide groups is 1. The SMILES string of the molecule is COc1cc(/C=C(/CC[C@H]2OB(O)C[C@H]3C2=C(CO)C[C@H]2C(=O)N(c4cc(C(F)(F)F)cc(C(F)(F)F)c4)C(=O)[C@H]23)c2ccccn2)cc(I)c1O. The van der Waals surface area contributed by atoms with Crippen LogP contribution in [0.15, 0.2) is 65.9 Å². The summed E-state index contributed by atoms with van der Waals surface area (Å²) in [6.45, 7) is -0.567. The summed E-state index contributed by atoms with van der Waals surface area (Å²) >= 11 is 1.97. The molecule has 3 aliphatic rings. The van der Waals surface area contributed by atoms with Gasteiger partial charge in [0, 0.05) is 6.20 Å². The Labute approximate surface area is 307 Å². The van der Waals surface area contributed by atoms with Gasteiger partial charge in [-0.3, -0.25) is 14.6 Å². The highest BCUT2D eigenvalue weighted by Crippen LogP contribution is 2.52. The number of hydrogen-bond acceptors (Lipinski definition) is 8. The monoisotopic (exact) mass is 842 g/mol. The first-order valence-electron chi connectivity index (χ1n) is 16.0. The normalized spacial score (nSPS) is 22.5. The first kappa shape index (κ1) is 37.8. The van der Waals surface area contributed by atoms with Crippen LogP contribution in [0.2, 0.25) is 6.32 Å². The van der Waals surface area contributed by atoms with Crippen molar-refractivity contribution in [2.24, 2.45) is 17.8 Å². The summed E-state index contributed by atoms with van der Waals surface area (Å²) in [4.78, 5) is 32.5. The van der Waals surface area contributed by atoms with Crippen LogP contribution in [0.1, 0.15) is 41.6 Å². The third-order valence-electron chi connectivity index (χ3n) is 9.61. The number of phenolic OH excluding ortho intramolecular Hbond substituents is 1. The van der Waals surface area contributed by atoms with Gasteiger partial charge in [0.15, 0.2) is 11.5 Å². The second kappa shape index (κ2) is 14.5. The summed E-state index contributed by atoms with van der Waals surface area (Å²) in [5, 5.41) is 31.7. The Morgan fingerprint density at radius 2 is 1.75 bits per heavy atom. The van der Waals surface area contributed by atoms with Crippen LogP contribution >= 0.6 is 22.6 Å². The van der Waals surface area contributed by atoms with E-state index in [1.54, 1.807) is 36.5 Å². The molecule has 2 fully saturated rings. The van der Waals surface area contributed by atoms with Crippen molar-refractivity contribution in [2.75, 3.05) is 18.6 Å². The Morgan fingerprint density at radius 3 is 2.35 bits per heavy atom. The Hall–Kier alpha value is -3.94. The molecule has 0 saturated carbocycles. The van der Waals surface area contributed by atoms with Gasteiger partial charge in [0.05, 0.1) is 57.7 Å². The van der Waals surface area contributed by atoms with Gasteiger partial charge in [0.1, 0.15) is 0 Å². The van der Waals surface area contributed by atoms with E-state index >= 15 is 0 Å². The van der Waals surface area contributed by atoms with Crippen LogP contribution in [-0.2, 0) is 26.6 Å². The zero-order valence-corrected chi connectivity index (χ0v) is 29.4. The second-order valence-corrected chi connectivity index (χ2v) is 13.9. The average Bonchev–Trinajstić information content (AvgIpc) is 3.35. The molecule has 3 heterocycles. The quantitative estimate of drug-likeness (QED) is 0.0748. The number of aromatic nitrogens is 1. The first-order chi connectivity index (χ1) is 24.5. The van der Waals surface area contributed by atoms with Crippen LogP contribution in [0.4, 0.5) is 32.0 Å². The molecule has 6 rings (SSSR count). The van der Waals surface area contributed by atoms with Crippen molar-refractivity contribution in [1.82, 2.24) is 4.98 Å². The maximum absolute atomic E-state index is 14.0. The van der Waals surface area contributed by atoms with E-state index in [-0.39, 0.29) is 43.1 Å². The number of ether oxygens (including phenoxy) is 1. The van der Waals surface area contributed by atoms with Gasteiger partial charge < -0.3 is 24.6 Å². The van der Waals surface area contributed by atoms with Gasteiger partial charge >= 0.3 is 19.5 Å². The summed E-state index contributed by atoms with van der Waals surface area (Å²) in [6, 6.07) is 9.28. The number of anilines is 1. The summed E-state index contributed by atoms with van der Waals surface area (Å²) in [5.41, 5.74) is -1.44. The maximum atomic E-state index is 14.0. The fourth-order valence-electron chi connectivity index (χ4n) is 7.38. The molecular weight excluding hydrogens is 812 g/mol. The minimum absolute atomic E-state index is 0.0262. The zero-order valence-electron chi connectivity index (χ0n) is 27.2. The number of aromatic hydroxyl groups is 1. The van der Waals surface area contributed by atoms with Crippen molar-refractivity contribution in [1.29, 1.82) is 0 Å². The highest BCUT2D eigenvalue weighted by molar-refractivity contribution is 14.1. The molecule has 2 amide bonds. The van der Waals surface area contributed by atoms with Crippen LogP contribution in [0, 0.1) is 21.3 Å². The van der Waals surface area contributed by atoms with E-state index in [2.05, 4.69) is 4.98 Å². The van der Waals surface area contributed by atoms with Crippen LogP contribution in [0.5, 0.6) is 11.5 Å². The van der Waals surface area contributed by atoms with E-state index < -0.39 is 78.6 Å². The van der Waals surface area contributed by atoms with Gasteiger partial charge in [-0.15, -0.1) is 0 Å². The third-order valence-corrected chi connectivity index (χ3v) is 10.4. The molecule has 4 atom stereocenters. The first-order valence-corrected chi connectivity index (χ1v) is 17.1. The molecule has 9 nitrogen and oxygen atoms in total. The zero-order chi connectivity index (χ0) is 37.7. The minimum Gasteiger partial charge on any atom is -0.504 e. The molecule has 52 heavy (non-hydrogen) atoms. The molecule has 1 aromatic heterocycles. The Morgan fingerprint density at radius 1 is 1.06 bits per heavy atom. The molecule has 3 aromatic rings. The number of phenols is 1. The Bertz CT molecular complexity index is 1920. The van der Waals surface area contributed by atoms with Gasteiger partial charge in [-0.2, -0.15) is 26.3 Å². The Kier molecular flexibility index (Phi) is 10.5. The van der Waals surface area contributed by atoms with Gasteiger partial charge in [-0.05, 0) is 125 Å². The highest BCUT2D eigenvalue weighted by Gasteiger charge is 2.58. The molecule has 2 aliphatic heterocycles. The van der Waals surface area contributed by atoms with Gasteiger partial charge in [0.25, 0.3) is 0 Å². The maximum Gasteiger partial charge on any atom is 0.455 e. The molecule has 0 unspecified atom stereocenters. The minimum atomic E-state index is -5.21. The van der Waals surface area contributed by atoms with E-state index in [9.17, 15) is 51.2 Å². The molecule has 0 spiro atoms. The molecule has 3 N–H and O–H groups in total. The van der Waals surface area contributed by atoms with Crippen LogP contribution in [0.3, 0.4) is 0 Å². The van der Waals surface area contributed by atoms with Gasteiger partial charge in [-0.25, -0.2) is 4.90 Å². The summed E-state index contributed by atoms with van der Waals surface area (Å²) in [5.74, 6) is -5.12. The molecule has 17 heteroatoms. The molecule has 2 saturated heterocycles. The van der Waals surface area contributed by atoms with Crippen LogP contribution in [-0.4, -0.2) is 59.0 Å². The van der Waals surface area contributed by atoms with Crippen molar-refractivity contribution < 1.29 is 60.6 Å². The number of halogens is 7. The predicted octanol–water partition coefficient (Wildman–Crippen LogP) is 6.75. The lowest BCUT2D eigenvalue weighted by molar-refractivity contribution is -0.143. The van der Waals surface area contributed by atoms with Gasteiger partial charge in [0.2, 0.25) is 11.8 Å². The number of aliphatic hydroxyl groups excluding tert-OH is 1. The number of aliphatic hydroxyl groups is 1. The van der Waals surface area contributed by atoms with E-state index in [1.165, 1.54) is 7.11 Å².